The Bertz CT molecular complexity index is 1070. The van der Waals surface area contributed by atoms with Gasteiger partial charge in [-0.2, -0.15) is 0 Å². The van der Waals surface area contributed by atoms with Crippen molar-refractivity contribution in [3.63, 3.8) is 0 Å². The number of aromatic nitrogens is 2. The van der Waals surface area contributed by atoms with Crippen LogP contribution in [0, 0.1) is 17.8 Å². The molecule has 1 aromatic carbocycles. The summed E-state index contributed by atoms with van der Waals surface area (Å²) in [6, 6.07) is 15.8. The number of benzene rings is 1. The van der Waals surface area contributed by atoms with Gasteiger partial charge in [0.1, 0.15) is 11.5 Å². The van der Waals surface area contributed by atoms with Gasteiger partial charge < -0.3 is 4.90 Å². The first-order chi connectivity index (χ1) is 14.2. The van der Waals surface area contributed by atoms with Crippen LogP contribution >= 0.6 is 11.6 Å². The molecule has 4 heterocycles. The molecule has 144 valence electrons. The molecule has 2 saturated heterocycles. The molecule has 0 radical (unpaired) electrons. The highest BCUT2D eigenvalue weighted by Gasteiger charge is 2.41. The second kappa shape index (κ2) is 7.51. The quantitative estimate of drug-likeness (QED) is 0.600. The maximum atomic E-state index is 5.95. The minimum absolute atomic E-state index is 0.493. The van der Waals surface area contributed by atoms with Gasteiger partial charge in [-0.1, -0.05) is 35.7 Å². The normalized spacial score (nSPS) is 20.6. The molecule has 2 atom stereocenters. The van der Waals surface area contributed by atoms with E-state index in [-0.39, 0.29) is 0 Å². The fraction of sp³-hybridized carbons (Fsp3) is 0.250. The van der Waals surface area contributed by atoms with Crippen molar-refractivity contribution in [2.24, 2.45) is 5.92 Å². The summed E-state index contributed by atoms with van der Waals surface area (Å²) in [6.07, 6.45) is 5.44. The number of nitrogens with zero attached hydrogens (tertiary/aromatic N) is 4. The largest absolute Gasteiger partial charge is 0.341 e. The maximum absolute atomic E-state index is 5.95. The van der Waals surface area contributed by atoms with Crippen LogP contribution in [-0.4, -0.2) is 41.2 Å². The Morgan fingerprint density at radius 3 is 2.38 bits per heavy atom. The summed E-state index contributed by atoms with van der Waals surface area (Å²) in [7, 11) is 2.20. The van der Waals surface area contributed by atoms with Gasteiger partial charge in [-0.15, -0.1) is 0 Å². The molecule has 0 aliphatic carbocycles. The zero-order valence-electron chi connectivity index (χ0n) is 16.2. The van der Waals surface area contributed by atoms with Crippen molar-refractivity contribution in [2.45, 2.75) is 12.6 Å². The van der Waals surface area contributed by atoms with E-state index in [2.05, 4.69) is 44.7 Å². The summed E-state index contributed by atoms with van der Waals surface area (Å²) in [5.74, 6) is 8.11. The maximum Gasteiger partial charge on any atom is 0.129 e. The molecule has 2 aromatic heterocycles. The van der Waals surface area contributed by atoms with Crippen LogP contribution in [-0.2, 0) is 0 Å². The molecule has 4 nitrogen and oxygen atoms in total. The Kier molecular flexibility index (Phi) is 4.71. The highest BCUT2D eigenvalue weighted by Crippen LogP contribution is 2.35. The lowest BCUT2D eigenvalue weighted by Gasteiger charge is -2.34. The van der Waals surface area contributed by atoms with Crippen molar-refractivity contribution in [3.8, 4) is 23.0 Å². The molecule has 2 aliphatic rings. The number of rotatable bonds is 2. The SMILES string of the molecule is CN1CC2CC1N(c1ccc(C#Cc3ccc(-c4ccc(Cl)cc4)cn3)cn1)C2. The molecule has 2 fully saturated rings. The zero-order valence-corrected chi connectivity index (χ0v) is 17.0. The van der Waals surface area contributed by atoms with Crippen molar-refractivity contribution in [2.75, 3.05) is 25.0 Å². The van der Waals surface area contributed by atoms with E-state index in [1.54, 1.807) is 0 Å². The summed E-state index contributed by atoms with van der Waals surface area (Å²) in [5.41, 5.74) is 3.77. The molecule has 0 saturated carbocycles. The number of anilines is 1. The third-order valence-corrected chi connectivity index (χ3v) is 5.98. The number of fused-ring (bicyclic) bond motifs is 2. The Hall–Kier alpha value is -2.87. The Morgan fingerprint density at radius 2 is 1.72 bits per heavy atom. The summed E-state index contributed by atoms with van der Waals surface area (Å²) >= 11 is 5.95. The lowest BCUT2D eigenvalue weighted by molar-refractivity contribution is 0.273. The van der Waals surface area contributed by atoms with Crippen molar-refractivity contribution in [1.82, 2.24) is 14.9 Å². The van der Waals surface area contributed by atoms with Crippen LogP contribution < -0.4 is 4.90 Å². The molecule has 0 N–H and O–H groups in total. The predicted molar refractivity (Wildman–Crippen MR) is 117 cm³/mol. The molecule has 29 heavy (non-hydrogen) atoms. The first kappa shape index (κ1) is 18.2. The number of hydrogen-bond acceptors (Lipinski definition) is 4. The zero-order chi connectivity index (χ0) is 19.8. The minimum Gasteiger partial charge on any atom is -0.341 e. The van der Waals surface area contributed by atoms with Gasteiger partial charge in [-0.3, -0.25) is 4.90 Å². The number of pyridine rings is 2. The second-order valence-electron chi connectivity index (χ2n) is 7.77. The monoisotopic (exact) mass is 400 g/mol. The molecule has 5 rings (SSSR count). The van der Waals surface area contributed by atoms with Gasteiger partial charge in [0.2, 0.25) is 0 Å². The summed E-state index contributed by atoms with van der Waals surface area (Å²) in [6.45, 7) is 2.31. The minimum atomic E-state index is 0.493. The number of likely N-dealkylation sites (tertiary alicyclic amines) is 1. The van der Waals surface area contributed by atoms with Gasteiger partial charge >= 0.3 is 0 Å². The summed E-state index contributed by atoms with van der Waals surface area (Å²) < 4.78 is 0. The van der Waals surface area contributed by atoms with Crippen LogP contribution in [0.15, 0.2) is 60.9 Å². The van der Waals surface area contributed by atoms with E-state index in [0.29, 0.717) is 6.17 Å². The average Bonchev–Trinajstić information content (AvgIpc) is 3.33. The highest BCUT2D eigenvalue weighted by molar-refractivity contribution is 6.30. The molecule has 2 aliphatic heterocycles. The van der Waals surface area contributed by atoms with E-state index >= 15 is 0 Å². The fourth-order valence-electron chi connectivity index (χ4n) is 4.27. The van der Waals surface area contributed by atoms with Crippen molar-refractivity contribution in [1.29, 1.82) is 0 Å². The molecule has 0 spiro atoms. The van der Waals surface area contributed by atoms with E-state index in [1.807, 2.05) is 54.9 Å². The molecule has 5 heteroatoms. The molecule has 0 amide bonds. The van der Waals surface area contributed by atoms with Gasteiger partial charge in [0.05, 0.1) is 6.17 Å². The number of halogens is 1. The van der Waals surface area contributed by atoms with E-state index in [4.69, 9.17) is 11.6 Å². The van der Waals surface area contributed by atoms with Crippen LogP contribution in [0.5, 0.6) is 0 Å². The van der Waals surface area contributed by atoms with Crippen LogP contribution in [0.25, 0.3) is 11.1 Å². The number of hydrogen-bond donors (Lipinski definition) is 0. The standard InChI is InChI=1S/C24H21ClN4/c1-28-15-18-12-24(28)29(16-18)23-11-3-17(13-27-23)2-9-22-10-6-20(14-26-22)19-4-7-21(25)8-5-19/h3-8,10-11,13-14,18,24H,12,15-16H2,1H3. The molecular weight excluding hydrogens is 380 g/mol. The lowest BCUT2D eigenvalue weighted by Crippen LogP contribution is -2.45. The third kappa shape index (κ3) is 3.72. The first-order valence-corrected chi connectivity index (χ1v) is 10.2. The highest BCUT2D eigenvalue weighted by atomic mass is 35.5. The molecule has 2 bridgehead atoms. The molecule has 3 aromatic rings. The third-order valence-electron chi connectivity index (χ3n) is 5.73. The second-order valence-corrected chi connectivity index (χ2v) is 8.20. The van der Waals surface area contributed by atoms with Crippen molar-refractivity contribution < 1.29 is 0 Å². The first-order valence-electron chi connectivity index (χ1n) is 9.83. The van der Waals surface area contributed by atoms with E-state index in [9.17, 15) is 0 Å². The summed E-state index contributed by atoms with van der Waals surface area (Å²) in [5, 5.41) is 0.730. The average molecular weight is 401 g/mol. The van der Waals surface area contributed by atoms with E-state index in [1.165, 1.54) is 13.0 Å². The Labute approximate surface area is 176 Å². The predicted octanol–water partition coefficient (Wildman–Crippen LogP) is 4.29. The smallest absolute Gasteiger partial charge is 0.129 e. The van der Waals surface area contributed by atoms with Gasteiger partial charge in [0.25, 0.3) is 0 Å². The van der Waals surface area contributed by atoms with Crippen molar-refractivity contribution in [3.05, 3.63) is 77.2 Å². The van der Waals surface area contributed by atoms with Crippen LogP contribution in [0.1, 0.15) is 17.7 Å². The fourth-order valence-corrected chi connectivity index (χ4v) is 4.40. The van der Waals surface area contributed by atoms with Gasteiger partial charge in [0.15, 0.2) is 0 Å². The van der Waals surface area contributed by atoms with Gasteiger partial charge in [-0.05, 0) is 61.2 Å². The van der Waals surface area contributed by atoms with Gasteiger partial charge in [-0.25, -0.2) is 9.97 Å². The summed E-state index contributed by atoms with van der Waals surface area (Å²) in [4.78, 5) is 13.9. The topological polar surface area (TPSA) is 32.3 Å². The van der Waals surface area contributed by atoms with Crippen LogP contribution in [0.4, 0.5) is 5.82 Å². The van der Waals surface area contributed by atoms with Crippen LogP contribution in [0.2, 0.25) is 5.02 Å². The van der Waals surface area contributed by atoms with Crippen LogP contribution in [0.3, 0.4) is 0 Å². The lowest BCUT2D eigenvalue weighted by atomic mass is 10.1. The Morgan fingerprint density at radius 1 is 0.897 bits per heavy atom. The van der Waals surface area contributed by atoms with E-state index < -0.39 is 0 Å². The van der Waals surface area contributed by atoms with Gasteiger partial charge in [0, 0.05) is 41.6 Å². The van der Waals surface area contributed by atoms with E-state index in [0.717, 1.165) is 45.7 Å². The van der Waals surface area contributed by atoms with Crippen molar-refractivity contribution >= 4 is 17.4 Å². The molecule has 2 unspecified atom stereocenters. The Balaban J connectivity index is 1.28. The molecular formula is C24H21ClN4.